The predicted molar refractivity (Wildman–Crippen MR) is 77.1 cm³/mol. The average Bonchev–Trinajstić information content (AvgIpc) is 2.75. The van der Waals surface area contributed by atoms with Crippen LogP contribution in [-0.2, 0) is 0 Å². The smallest absolute Gasteiger partial charge is 0.211 e. The molecule has 2 rings (SSSR count). The van der Waals surface area contributed by atoms with E-state index in [0.717, 1.165) is 20.9 Å². The Bertz CT molecular complexity index is 534. The van der Waals surface area contributed by atoms with Gasteiger partial charge in [0.25, 0.3) is 0 Å². The monoisotopic (exact) mass is 309 g/mol. The summed E-state index contributed by atoms with van der Waals surface area (Å²) in [4.78, 5) is 10.6. The molecule has 0 saturated heterocycles. The van der Waals surface area contributed by atoms with Crippen LogP contribution in [0.1, 0.15) is 0 Å². The molecule has 0 aliphatic heterocycles. The molecule has 0 unspecified atom stereocenters. The third-order valence-corrected chi connectivity index (χ3v) is 3.25. The minimum absolute atomic E-state index is 0.772. The van der Waals surface area contributed by atoms with Gasteiger partial charge in [-0.05, 0) is 12.1 Å². The van der Waals surface area contributed by atoms with Gasteiger partial charge in [-0.2, -0.15) is 0 Å². The van der Waals surface area contributed by atoms with Crippen LogP contribution in [0.2, 0.25) is 0 Å². The topological polar surface area (TPSA) is 28.5 Å². The van der Waals surface area contributed by atoms with Gasteiger partial charge in [0.1, 0.15) is 0 Å². The van der Waals surface area contributed by atoms with E-state index in [-0.39, 0.29) is 0 Å². The van der Waals surface area contributed by atoms with Crippen molar-refractivity contribution in [2.24, 2.45) is 4.99 Å². The van der Waals surface area contributed by atoms with Crippen molar-refractivity contribution in [2.45, 2.75) is 0 Å². The summed E-state index contributed by atoms with van der Waals surface area (Å²) in [6.07, 6.45) is 1.75. The van der Waals surface area contributed by atoms with Gasteiger partial charge in [0.05, 0.1) is 12.0 Å². The average molecular weight is 310 g/mol. The van der Waals surface area contributed by atoms with Gasteiger partial charge < -0.3 is 4.90 Å². The fourth-order valence-electron chi connectivity index (χ4n) is 1.27. The molecular formula is C12H12BrN3S. The Labute approximate surface area is 113 Å². The van der Waals surface area contributed by atoms with Gasteiger partial charge in [-0.3, -0.25) is 0 Å². The summed E-state index contributed by atoms with van der Waals surface area (Å²) in [7, 11) is 3.87. The van der Waals surface area contributed by atoms with E-state index in [2.05, 4.69) is 32.0 Å². The van der Waals surface area contributed by atoms with Crippen LogP contribution in [0.5, 0.6) is 0 Å². The molecule has 0 radical (unpaired) electrons. The normalized spacial score (nSPS) is 11.0. The lowest BCUT2D eigenvalue weighted by Gasteiger charge is -2.00. The van der Waals surface area contributed by atoms with Crippen molar-refractivity contribution in [1.29, 1.82) is 0 Å². The van der Waals surface area contributed by atoms with Gasteiger partial charge in [-0.25, -0.2) is 9.98 Å². The maximum Gasteiger partial charge on any atom is 0.211 e. The van der Waals surface area contributed by atoms with Gasteiger partial charge in [0, 0.05) is 29.5 Å². The molecule has 0 saturated carbocycles. The lowest BCUT2D eigenvalue weighted by Crippen LogP contribution is -2.06. The van der Waals surface area contributed by atoms with E-state index in [1.54, 1.807) is 17.7 Å². The van der Waals surface area contributed by atoms with Crippen molar-refractivity contribution in [2.75, 3.05) is 14.1 Å². The van der Waals surface area contributed by atoms with Crippen LogP contribution in [0.3, 0.4) is 0 Å². The third kappa shape index (κ3) is 3.38. The number of thiazole rings is 1. The molecule has 0 spiro atoms. The summed E-state index contributed by atoms with van der Waals surface area (Å²) in [6, 6.07) is 8.09. The SMILES string of the molecule is CN(C)/C=N\c1nc(-c2cccc(Br)c2)cs1. The maximum atomic E-state index is 4.47. The van der Waals surface area contributed by atoms with Gasteiger partial charge in [-0.15, -0.1) is 11.3 Å². The van der Waals surface area contributed by atoms with Crippen LogP contribution in [0, 0.1) is 0 Å². The Hall–Kier alpha value is -1.20. The Kier molecular flexibility index (Phi) is 3.91. The highest BCUT2D eigenvalue weighted by Gasteiger charge is 2.03. The van der Waals surface area contributed by atoms with Crippen LogP contribution in [0.15, 0.2) is 39.1 Å². The van der Waals surface area contributed by atoms with Crippen molar-refractivity contribution in [3.63, 3.8) is 0 Å². The first-order valence-corrected chi connectivity index (χ1v) is 6.74. The molecule has 0 atom stereocenters. The zero-order chi connectivity index (χ0) is 12.3. The van der Waals surface area contributed by atoms with Crippen molar-refractivity contribution in [3.05, 3.63) is 34.1 Å². The second-order valence-corrected chi connectivity index (χ2v) is 5.49. The summed E-state index contributed by atoms with van der Waals surface area (Å²) in [5, 5.41) is 2.79. The number of aliphatic imine (C=N–C) groups is 1. The Balaban J connectivity index is 2.24. The first kappa shape index (κ1) is 12.3. The van der Waals surface area contributed by atoms with E-state index < -0.39 is 0 Å². The second-order valence-electron chi connectivity index (χ2n) is 3.73. The molecule has 17 heavy (non-hydrogen) atoms. The molecule has 0 N–H and O–H groups in total. The summed E-state index contributed by atoms with van der Waals surface area (Å²) in [5.74, 6) is 0. The lowest BCUT2D eigenvalue weighted by molar-refractivity contribution is 0.643. The summed E-state index contributed by atoms with van der Waals surface area (Å²) in [5.41, 5.74) is 2.06. The van der Waals surface area contributed by atoms with Crippen molar-refractivity contribution in [3.8, 4) is 11.3 Å². The summed E-state index contributed by atoms with van der Waals surface area (Å²) < 4.78 is 1.06. The van der Waals surface area contributed by atoms with Crippen molar-refractivity contribution in [1.82, 2.24) is 9.88 Å². The van der Waals surface area contributed by atoms with Crippen LogP contribution >= 0.6 is 27.3 Å². The summed E-state index contributed by atoms with van der Waals surface area (Å²) in [6.45, 7) is 0. The number of hydrogen-bond acceptors (Lipinski definition) is 3. The predicted octanol–water partition coefficient (Wildman–Crippen LogP) is 3.79. The number of aromatic nitrogens is 1. The molecule has 0 amide bonds. The Morgan fingerprint density at radius 2 is 2.24 bits per heavy atom. The largest absolute Gasteiger partial charge is 0.369 e. The minimum atomic E-state index is 0.772. The van der Waals surface area contributed by atoms with Crippen molar-refractivity contribution >= 4 is 38.7 Å². The Morgan fingerprint density at radius 1 is 1.41 bits per heavy atom. The molecule has 0 bridgehead atoms. The van der Waals surface area contributed by atoms with Crippen molar-refractivity contribution < 1.29 is 0 Å². The fraction of sp³-hybridized carbons (Fsp3) is 0.167. The molecule has 1 aromatic heterocycles. The minimum Gasteiger partial charge on any atom is -0.369 e. The number of halogens is 1. The molecule has 3 nitrogen and oxygen atoms in total. The molecule has 2 aromatic rings. The summed E-state index contributed by atoms with van der Waals surface area (Å²) >= 11 is 5.00. The number of rotatable bonds is 3. The zero-order valence-electron chi connectivity index (χ0n) is 9.59. The quantitative estimate of drug-likeness (QED) is 0.637. The third-order valence-electron chi connectivity index (χ3n) is 2.01. The highest BCUT2D eigenvalue weighted by molar-refractivity contribution is 9.10. The standard InChI is InChI=1S/C12H12BrN3S/c1-16(2)8-14-12-15-11(7-17-12)9-4-3-5-10(13)6-9/h3-8H,1-2H3/b14-8-. The first-order valence-electron chi connectivity index (χ1n) is 5.07. The first-order chi connectivity index (χ1) is 8.15. The second kappa shape index (κ2) is 5.42. The highest BCUT2D eigenvalue weighted by Crippen LogP contribution is 2.27. The van der Waals surface area contributed by atoms with Crippen LogP contribution in [0.25, 0.3) is 11.3 Å². The van der Waals surface area contributed by atoms with Gasteiger partial charge >= 0.3 is 0 Å². The van der Waals surface area contributed by atoms with E-state index >= 15 is 0 Å². The van der Waals surface area contributed by atoms with E-state index in [1.165, 1.54) is 0 Å². The van der Waals surface area contributed by atoms with E-state index in [0.29, 0.717) is 0 Å². The fourth-order valence-corrected chi connectivity index (χ4v) is 2.33. The molecule has 88 valence electrons. The molecule has 1 aromatic carbocycles. The van der Waals surface area contributed by atoms with E-state index in [1.807, 2.05) is 42.6 Å². The highest BCUT2D eigenvalue weighted by atomic mass is 79.9. The molecule has 1 heterocycles. The number of benzene rings is 1. The van der Waals surface area contributed by atoms with Gasteiger partial charge in [0.15, 0.2) is 0 Å². The Morgan fingerprint density at radius 3 is 2.94 bits per heavy atom. The van der Waals surface area contributed by atoms with Crippen LogP contribution in [-0.4, -0.2) is 30.3 Å². The van der Waals surface area contributed by atoms with Gasteiger partial charge in [0.2, 0.25) is 5.13 Å². The molecule has 0 aliphatic rings. The number of hydrogen-bond donors (Lipinski definition) is 0. The lowest BCUT2D eigenvalue weighted by atomic mass is 10.2. The molecule has 5 heteroatoms. The van der Waals surface area contributed by atoms with E-state index in [9.17, 15) is 0 Å². The number of nitrogens with zero attached hydrogens (tertiary/aromatic N) is 3. The molecule has 0 fully saturated rings. The maximum absolute atomic E-state index is 4.47. The zero-order valence-corrected chi connectivity index (χ0v) is 12.0. The van der Waals surface area contributed by atoms with Crippen LogP contribution < -0.4 is 0 Å². The van der Waals surface area contributed by atoms with E-state index in [4.69, 9.17) is 0 Å². The van der Waals surface area contributed by atoms with Crippen LogP contribution in [0.4, 0.5) is 5.13 Å². The molecular weight excluding hydrogens is 298 g/mol. The van der Waals surface area contributed by atoms with Gasteiger partial charge in [-0.1, -0.05) is 28.1 Å². The molecule has 0 aliphatic carbocycles.